The Hall–Kier alpha value is -3.73. The first-order chi connectivity index (χ1) is 18.8. The van der Waals surface area contributed by atoms with E-state index in [2.05, 4.69) is 10.3 Å². The molecule has 0 aliphatic carbocycles. The van der Waals surface area contributed by atoms with Crippen LogP contribution in [0.25, 0.3) is 10.9 Å². The van der Waals surface area contributed by atoms with Gasteiger partial charge in [0.2, 0.25) is 17.7 Å². The van der Waals surface area contributed by atoms with Crippen LogP contribution in [0.4, 0.5) is 5.69 Å². The second-order valence-corrected chi connectivity index (χ2v) is 10.4. The summed E-state index contributed by atoms with van der Waals surface area (Å²) < 4.78 is 11.3. The molecule has 2 fully saturated rings. The summed E-state index contributed by atoms with van der Waals surface area (Å²) in [7, 11) is 1.67. The van der Waals surface area contributed by atoms with E-state index in [1.807, 2.05) is 67.7 Å². The minimum atomic E-state index is -0.867. The zero-order chi connectivity index (χ0) is 27.5. The quantitative estimate of drug-likeness (QED) is 0.406. The summed E-state index contributed by atoms with van der Waals surface area (Å²) in [6, 6.07) is 16.1. The topological polar surface area (TPSA) is 130 Å². The number of anilines is 1. The predicted octanol–water partition coefficient (Wildman–Crippen LogP) is 1.97. The fourth-order valence-corrected chi connectivity index (χ4v) is 5.28. The van der Waals surface area contributed by atoms with Gasteiger partial charge in [-0.3, -0.25) is 14.4 Å². The molecule has 3 heterocycles. The highest BCUT2D eigenvalue weighted by molar-refractivity contribution is 6.01. The second kappa shape index (κ2) is 11.6. The molecule has 0 bridgehead atoms. The number of nitrogens with two attached hydrogens (primary N) is 1. The number of rotatable bonds is 8. The van der Waals surface area contributed by atoms with E-state index < -0.39 is 18.2 Å². The molecule has 10 heteroatoms. The molecule has 2 aliphatic rings. The van der Waals surface area contributed by atoms with Crippen molar-refractivity contribution in [2.45, 2.75) is 37.6 Å². The zero-order valence-corrected chi connectivity index (χ0v) is 22.2. The first-order valence-corrected chi connectivity index (χ1v) is 13.3. The number of aromatic amines is 1. The van der Waals surface area contributed by atoms with Crippen LogP contribution in [-0.4, -0.2) is 79.3 Å². The average molecular weight is 534 g/mol. The molecule has 10 nitrogen and oxygen atoms in total. The number of carbonyl (C=O) groups excluding carboxylic acids is 3. The van der Waals surface area contributed by atoms with Gasteiger partial charge in [-0.25, -0.2) is 0 Å². The van der Waals surface area contributed by atoms with Crippen LogP contribution in [0, 0.1) is 5.92 Å². The summed E-state index contributed by atoms with van der Waals surface area (Å²) in [6.07, 6.45) is 1.38. The van der Waals surface area contributed by atoms with Gasteiger partial charge in [0.15, 0.2) is 6.29 Å². The first-order valence-electron chi connectivity index (χ1n) is 13.3. The molecule has 1 aromatic heterocycles. The number of carbonyl (C=O) groups is 3. The lowest BCUT2D eigenvalue weighted by atomic mass is 9.91. The minimum absolute atomic E-state index is 0.0863. The maximum absolute atomic E-state index is 13.8. The van der Waals surface area contributed by atoms with Gasteiger partial charge in [-0.1, -0.05) is 43.3 Å². The Morgan fingerprint density at radius 1 is 1.13 bits per heavy atom. The van der Waals surface area contributed by atoms with Crippen LogP contribution in [0.5, 0.6) is 0 Å². The number of ether oxygens (including phenoxy) is 2. The molecule has 0 spiro atoms. The maximum Gasteiger partial charge on any atom is 0.245 e. The number of nitrogens with one attached hydrogen (secondary N) is 2. The van der Waals surface area contributed by atoms with E-state index in [4.69, 9.17) is 15.2 Å². The number of H-pyrrole nitrogens is 1. The van der Waals surface area contributed by atoms with Crippen molar-refractivity contribution in [3.63, 3.8) is 0 Å². The van der Waals surface area contributed by atoms with Gasteiger partial charge < -0.3 is 35.3 Å². The number of fused-ring (bicyclic) bond motifs is 1. The highest BCUT2D eigenvalue weighted by atomic mass is 16.7. The zero-order valence-electron chi connectivity index (χ0n) is 22.2. The van der Waals surface area contributed by atoms with E-state index in [1.54, 1.807) is 11.9 Å². The van der Waals surface area contributed by atoms with Gasteiger partial charge in [-0.15, -0.1) is 0 Å². The fourth-order valence-electron chi connectivity index (χ4n) is 5.28. The summed E-state index contributed by atoms with van der Waals surface area (Å²) in [5, 5.41) is 3.99. The smallest absolute Gasteiger partial charge is 0.245 e. The van der Waals surface area contributed by atoms with Crippen molar-refractivity contribution in [3.05, 3.63) is 66.4 Å². The monoisotopic (exact) mass is 533 g/mol. The third-order valence-electron chi connectivity index (χ3n) is 7.53. The number of para-hydroxylation sites is 2. The van der Waals surface area contributed by atoms with Crippen LogP contribution in [0.3, 0.4) is 0 Å². The van der Waals surface area contributed by atoms with Crippen LogP contribution < -0.4 is 16.0 Å². The summed E-state index contributed by atoms with van der Waals surface area (Å²) in [5.41, 5.74) is 8.46. The Kier molecular flexibility index (Phi) is 7.97. The Balaban J connectivity index is 1.35. The first kappa shape index (κ1) is 26.9. The van der Waals surface area contributed by atoms with E-state index in [0.717, 1.165) is 22.2 Å². The van der Waals surface area contributed by atoms with Crippen molar-refractivity contribution in [2.75, 3.05) is 38.3 Å². The minimum Gasteiger partial charge on any atom is -0.361 e. The van der Waals surface area contributed by atoms with Crippen LogP contribution in [0.2, 0.25) is 0 Å². The van der Waals surface area contributed by atoms with Gasteiger partial charge in [0.25, 0.3) is 0 Å². The molecule has 3 amide bonds. The molecule has 5 rings (SSSR count). The van der Waals surface area contributed by atoms with Crippen molar-refractivity contribution in [1.29, 1.82) is 0 Å². The number of aromatic nitrogens is 1. The SMILES string of the molecule is C[C@@H](c1c[nH]c2ccccc12)[C@@H](NC(=O)C1CC(=O)N(c2ccccc2)C1)C(=O)N(C)CC1OCC(N)CO1. The lowest BCUT2D eigenvalue weighted by molar-refractivity contribution is -0.193. The Bertz CT molecular complexity index is 1320. The molecule has 206 valence electrons. The summed E-state index contributed by atoms with van der Waals surface area (Å²) in [6.45, 7) is 3.09. The van der Waals surface area contributed by atoms with Gasteiger partial charge in [0.05, 0.1) is 31.7 Å². The van der Waals surface area contributed by atoms with Crippen molar-refractivity contribution in [3.8, 4) is 0 Å². The summed E-state index contributed by atoms with van der Waals surface area (Å²) >= 11 is 0. The maximum atomic E-state index is 13.8. The Labute approximate surface area is 227 Å². The number of hydrogen-bond donors (Lipinski definition) is 3. The number of amides is 3. The largest absolute Gasteiger partial charge is 0.361 e. The molecule has 3 aromatic rings. The number of likely N-dealkylation sites (N-methyl/N-ethyl adjacent to an activating group) is 1. The van der Waals surface area contributed by atoms with E-state index in [1.165, 1.54) is 4.90 Å². The van der Waals surface area contributed by atoms with Gasteiger partial charge in [0.1, 0.15) is 6.04 Å². The molecule has 2 aliphatic heterocycles. The lowest BCUT2D eigenvalue weighted by Gasteiger charge is -2.33. The van der Waals surface area contributed by atoms with Crippen LogP contribution in [0.1, 0.15) is 24.8 Å². The standard InChI is InChI=1S/C29H35N5O5/c1-18(23-13-31-24-11-7-6-10-22(23)24)27(29(37)33(2)15-26-38-16-20(30)17-39-26)32-28(36)19-12-25(35)34(14-19)21-8-4-3-5-9-21/h3-11,13,18-20,26-27,31H,12,14-17,30H2,1-2H3,(H,32,36)/t18-,19?,20?,26?,27+/m0/s1. The van der Waals surface area contributed by atoms with Crippen LogP contribution >= 0.6 is 0 Å². The number of nitrogens with zero attached hydrogens (tertiary/aromatic N) is 2. The molecule has 2 aromatic carbocycles. The molecule has 0 radical (unpaired) electrons. The lowest BCUT2D eigenvalue weighted by Crippen LogP contribution is -2.54. The van der Waals surface area contributed by atoms with E-state index >= 15 is 0 Å². The number of hydrogen-bond acceptors (Lipinski definition) is 6. The van der Waals surface area contributed by atoms with E-state index in [0.29, 0.717) is 13.2 Å². The summed E-state index contributed by atoms with van der Waals surface area (Å²) in [4.78, 5) is 46.5. The molecule has 4 N–H and O–H groups in total. The van der Waals surface area contributed by atoms with Gasteiger partial charge in [0, 0.05) is 48.7 Å². The molecule has 2 saturated heterocycles. The highest BCUT2D eigenvalue weighted by Gasteiger charge is 2.39. The Morgan fingerprint density at radius 2 is 1.82 bits per heavy atom. The van der Waals surface area contributed by atoms with Crippen LogP contribution in [0.15, 0.2) is 60.8 Å². The van der Waals surface area contributed by atoms with Gasteiger partial charge >= 0.3 is 0 Å². The molecular weight excluding hydrogens is 498 g/mol. The van der Waals surface area contributed by atoms with Gasteiger partial charge in [-0.2, -0.15) is 0 Å². The van der Waals surface area contributed by atoms with E-state index in [9.17, 15) is 14.4 Å². The predicted molar refractivity (Wildman–Crippen MR) is 147 cm³/mol. The average Bonchev–Trinajstić information content (AvgIpc) is 3.56. The van der Waals surface area contributed by atoms with Crippen LogP contribution in [-0.2, 0) is 23.9 Å². The number of benzene rings is 2. The van der Waals surface area contributed by atoms with Crippen molar-refractivity contribution >= 4 is 34.3 Å². The molecule has 3 atom stereocenters. The third-order valence-corrected chi connectivity index (χ3v) is 7.53. The molecular formula is C29H35N5O5. The van der Waals surface area contributed by atoms with Crippen molar-refractivity contribution in [2.24, 2.45) is 11.7 Å². The van der Waals surface area contributed by atoms with Crippen molar-refractivity contribution < 1.29 is 23.9 Å². The van der Waals surface area contributed by atoms with E-state index in [-0.39, 0.29) is 49.2 Å². The van der Waals surface area contributed by atoms with Crippen molar-refractivity contribution in [1.82, 2.24) is 15.2 Å². The normalized spacial score (nSPS) is 23.0. The van der Waals surface area contributed by atoms with Gasteiger partial charge in [-0.05, 0) is 23.8 Å². The third kappa shape index (κ3) is 5.83. The highest BCUT2D eigenvalue weighted by Crippen LogP contribution is 2.30. The molecule has 0 saturated carbocycles. The second-order valence-electron chi connectivity index (χ2n) is 10.4. The fraction of sp³-hybridized carbons (Fsp3) is 0.414. The molecule has 39 heavy (non-hydrogen) atoms. The Morgan fingerprint density at radius 3 is 2.56 bits per heavy atom. The molecule has 1 unspecified atom stereocenters. The summed E-state index contributed by atoms with van der Waals surface area (Å²) in [5.74, 6) is -1.64.